The van der Waals surface area contributed by atoms with Gasteiger partial charge in [0, 0.05) is 12.6 Å². The summed E-state index contributed by atoms with van der Waals surface area (Å²) in [7, 11) is 2.19. The Kier molecular flexibility index (Phi) is 3.52. The first kappa shape index (κ1) is 12.6. The van der Waals surface area contributed by atoms with Gasteiger partial charge in [-0.05, 0) is 37.9 Å². The van der Waals surface area contributed by atoms with E-state index in [4.69, 9.17) is 5.73 Å². The van der Waals surface area contributed by atoms with E-state index in [1.807, 2.05) is 11.4 Å². The molecule has 1 atom stereocenters. The number of nitrogens with one attached hydrogen (secondary N) is 1. The summed E-state index contributed by atoms with van der Waals surface area (Å²) in [6.45, 7) is 2.10. The smallest absolute Gasteiger partial charge is 0.223 e. The van der Waals surface area contributed by atoms with Gasteiger partial charge in [0.25, 0.3) is 0 Å². The maximum Gasteiger partial charge on any atom is 0.223 e. The Morgan fingerprint density at radius 2 is 2.37 bits per heavy atom. The van der Waals surface area contributed by atoms with E-state index in [1.54, 1.807) is 11.3 Å². The third-order valence-electron chi connectivity index (χ3n) is 3.77. The zero-order chi connectivity index (χ0) is 13.2. The van der Waals surface area contributed by atoms with E-state index in [-0.39, 0.29) is 0 Å². The van der Waals surface area contributed by atoms with Crippen molar-refractivity contribution in [2.24, 2.45) is 0 Å². The van der Waals surface area contributed by atoms with Gasteiger partial charge in [0.1, 0.15) is 10.6 Å². The summed E-state index contributed by atoms with van der Waals surface area (Å²) in [5.41, 5.74) is 5.75. The standard InChI is InChI=1S/C13H19N5S/c1-18-6-3-2-4-9(18)8-15-11-10-5-7-19-12(10)17-13(14)16-11/h5,7,9H,2-4,6,8H2,1H3,(H3,14,15,16,17). The van der Waals surface area contributed by atoms with Crippen LogP contribution >= 0.6 is 11.3 Å². The highest BCUT2D eigenvalue weighted by Crippen LogP contribution is 2.26. The lowest BCUT2D eigenvalue weighted by Crippen LogP contribution is -2.40. The summed E-state index contributed by atoms with van der Waals surface area (Å²) in [5.74, 6) is 1.21. The molecule has 0 spiro atoms. The topological polar surface area (TPSA) is 67.1 Å². The number of rotatable bonds is 3. The Hall–Kier alpha value is -1.40. The maximum absolute atomic E-state index is 5.75. The van der Waals surface area contributed by atoms with Crippen LogP contribution in [-0.2, 0) is 0 Å². The van der Waals surface area contributed by atoms with Gasteiger partial charge in [-0.3, -0.25) is 0 Å². The van der Waals surface area contributed by atoms with Gasteiger partial charge < -0.3 is 16.0 Å². The molecular weight excluding hydrogens is 258 g/mol. The van der Waals surface area contributed by atoms with Gasteiger partial charge in [-0.15, -0.1) is 11.3 Å². The number of aromatic nitrogens is 2. The van der Waals surface area contributed by atoms with Crippen LogP contribution < -0.4 is 11.1 Å². The van der Waals surface area contributed by atoms with Crippen LogP contribution in [-0.4, -0.2) is 41.0 Å². The van der Waals surface area contributed by atoms with Crippen LogP contribution in [0.3, 0.4) is 0 Å². The number of fused-ring (bicyclic) bond motifs is 1. The van der Waals surface area contributed by atoms with Crippen LogP contribution in [0.2, 0.25) is 0 Å². The minimum atomic E-state index is 0.342. The Morgan fingerprint density at radius 1 is 1.47 bits per heavy atom. The van der Waals surface area contributed by atoms with Crippen molar-refractivity contribution in [2.45, 2.75) is 25.3 Å². The molecule has 0 aromatic carbocycles. The highest BCUT2D eigenvalue weighted by atomic mass is 32.1. The molecule has 0 radical (unpaired) electrons. The Balaban J connectivity index is 1.75. The molecule has 3 rings (SSSR count). The van der Waals surface area contributed by atoms with E-state index < -0.39 is 0 Å². The lowest BCUT2D eigenvalue weighted by Gasteiger charge is -2.32. The summed E-state index contributed by atoms with van der Waals surface area (Å²) in [4.78, 5) is 11.9. The minimum Gasteiger partial charge on any atom is -0.368 e. The summed E-state index contributed by atoms with van der Waals surface area (Å²) in [5, 5.41) is 6.54. The molecule has 6 heteroatoms. The number of hydrogen-bond acceptors (Lipinski definition) is 6. The van der Waals surface area contributed by atoms with Crippen LogP contribution in [0.4, 0.5) is 11.8 Å². The van der Waals surface area contributed by atoms with Crippen molar-refractivity contribution in [3.63, 3.8) is 0 Å². The number of anilines is 2. The minimum absolute atomic E-state index is 0.342. The van der Waals surface area contributed by atoms with Crippen molar-refractivity contribution >= 4 is 33.3 Å². The molecule has 19 heavy (non-hydrogen) atoms. The molecule has 102 valence electrons. The molecule has 5 nitrogen and oxygen atoms in total. The van der Waals surface area contributed by atoms with E-state index in [0.717, 1.165) is 22.6 Å². The van der Waals surface area contributed by atoms with Crippen LogP contribution in [0, 0.1) is 0 Å². The molecule has 2 aromatic rings. The van der Waals surface area contributed by atoms with E-state index in [1.165, 1.54) is 25.8 Å². The average Bonchev–Trinajstić information content (AvgIpc) is 2.85. The Bertz CT molecular complexity index is 567. The predicted molar refractivity (Wildman–Crippen MR) is 80.6 cm³/mol. The molecule has 1 fully saturated rings. The molecule has 3 N–H and O–H groups in total. The van der Waals surface area contributed by atoms with E-state index >= 15 is 0 Å². The molecule has 1 saturated heterocycles. The first-order valence-electron chi connectivity index (χ1n) is 6.69. The third kappa shape index (κ3) is 2.64. The van der Waals surface area contributed by atoms with Gasteiger partial charge in [-0.1, -0.05) is 6.42 Å². The lowest BCUT2D eigenvalue weighted by atomic mass is 10.0. The van der Waals surface area contributed by atoms with Gasteiger partial charge in [0.15, 0.2) is 0 Å². The number of piperidine rings is 1. The number of hydrogen-bond donors (Lipinski definition) is 2. The van der Waals surface area contributed by atoms with Gasteiger partial charge in [0.05, 0.1) is 5.39 Å². The van der Waals surface area contributed by atoms with Crippen molar-refractivity contribution in [1.29, 1.82) is 0 Å². The van der Waals surface area contributed by atoms with E-state index in [2.05, 4.69) is 27.2 Å². The number of likely N-dealkylation sites (tertiary alicyclic amines) is 1. The number of likely N-dealkylation sites (N-methyl/N-ethyl adjacent to an activating group) is 1. The van der Waals surface area contributed by atoms with Crippen LogP contribution in [0.1, 0.15) is 19.3 Å². The fourth-order valence-electron chi connectivity index (χ4n) is 2.62. The number of thiophene rings is 1. The highest BCUT2D eigenvalue weighted by Gasteiger charge is 2.19. The molecule has 0 aliphatic carbocycles. The zero-order valence-electron chi connectivity index (χ0n) is 11.1. The van der Waals surface area contributed by atoms with E-state index in [9.17, 15) is 0 Å². The molecule has 1 aliphatic rings. The monoisotopic (exact) mass is 277 g/mol. The molecule has 2 aromatic heterocycles. The quantitative estimate of drug-likeness (QED) is 0.900. The Labute approximate surface area is 116 Å². The molecule has 0 saturated carbocycles. The van der Waals surface area contributed by atoms with Crippen molar-refractivity contribution in [3.8, 4) is 0 Å². The second kappa shape index (κ2) is 5.30. The molecule has 3 heterocycles. The molecular formula is C13H19N5S. The fourth-order valence-corrected chi connectivity index (χ4v) is 3.39. The first-order valence-corrected chi connectivity index (χ1v) is 7.57. The van der Waals surface area contributed by atoms with Crippen molar-refractivity contribution in [3.05, 3.63) is 11.4 Å². The summed E-state index contributed by atoms with van der Waals surface area (Å²) >= 11 is 1.60. The lowest BCUT2D eigenvalue weighted by molar-refractivity contribution is 0.194. The normalized spacial score (nSPS) is 20.8. The van der Waals surface area contributed by atoms with Gasteiger partial charge >= 0.3 is 0 Å². The second-order valence-corrected chi connectivity index (χ2v) is 5.98. The number of nitrogens with zero attached hydrogens (tertiary/aromatic N) is 3. The highest BCUT2D eigenvalue weighted by molar-refractivity contribution is 7.16. The van der Waals surface area contributed by atoms with Crippen LogP contribution in [0.5, 0.6) is 0 Å². The average molecular weight is 277 g/mol. The summed E-state index contributed by atoms with van der Waals surface area (Å²) in [6.07, 6.45) is 3.87. The van der Waals surface area contributed by atoms with Crippen molar-refractivity contribution in [2.75, 3.05) is 31.2 Å². The van der Waals surface area contributed by atoms with Crippen molar-refractivity contribution in [1.82, 2.24) is 14.9 Å². The third-order valence-corrected chi connectivity index (χ3v) is 4.58. The number of nitrogen functional groups attached to an aromatic ring is 1. The van der Waals surface area contributed by atoms with Crippen LogP contribution in [0.25, 0.3) is 10.2 Å². The molecule has 0 bridgehead atoms. The van der Waals surface area contributed by atoms with E-state index in [0.29, 0.717) is 12.0 Å². The molecule has 0 amide bonds. The van der Waals surface area contributed by atoms with Crippen molar-refractivity contribution < 1.29 is 0 Å². The fraction of sp³-hybridized carbons (Fsp3) is 0.538. The SMILES string of the molecule is CN1CCCCC1CNc1nc(N)nc2sccc12. The van der Waals surface area contributed by atoms with Gasteiger partial charge in [-0.25, -0.2) is 4.98 Å². The first-order chi connectivity index (χ1) is 9.24. The van der Waals surface area contributed by atoms with Gasteiger partial charge in [0.2, 0.25) is 5.95 Å². The van der Waals surface area contributed by atoms with Crippen LogP contribution in [0.15, 0.2) is 11.4 Å². The summed E-state index contributed by atoms with van der Waals surface area (Å²) < 4.78 is 0. The van der Waals surface area contributed by atoms with Gasteiger partial charge in [-0.2, -0.15) is 4.98 Å². The Morgan fingerprint density at radius 3 is 3.21 bits per heavy atom. The molecule has 1 unspecified atom stereocenters. The second-order valence-electron chi connectivity index (χ2n) is 5.08. The predicted octanol–water partition coefficient (Wildman–Crippen LogP) is 2.17. The summed E-state index contributed by atoms with van der Waals surface area (Å²) in [6, 6.07) is 2.63. The largest absolute Gasteiger partial charge is 0.368 e. The number of nitrogens with two attached hydrogens (primary N) is 1. The maximum atomic E-state index is 5.75. The molecule has 1 aliphatic heterocycles. The zero-order valence-corrected chi connectivity index (χ0v) is 11.9.